The van der Waals surface area contributed by atoms with Crippen molar-refractivity contribution < 1.29 is 14.1 Å². The Kier molecular flexibility index (Phi) is 6.18. The molecule has 0 spiro atoms. The lowest BCUT2D eigenvalue weighted by Crippen LogP contribution is -2.42. The molecule has 1 aromatic carbocycles. The van der Waals surface area contributed by atoms with E-state index in [1.807, 2.05) is 35.2 Å². The number of amides is 2. The molecule has 8 heteroatoms. The van der Waals surface area contributed by atoms with Crippen LogP contribution >= 0.6 is 0 Å². The van der Waals surface area contributed by atoms with Crippen LogP contribution in [0.3, 0.4) is 0 Å². The van der Waals surface area contributed by atoms with E-state index in [2.05, 4.69) is 27.3 Å². The molecule has 1 fully saturated rings. The van der Waals surface area contributed by atoms with Crippen LogP contribution in [0, 0.1) is 0 Å². The summed E-state index contributed by atoms with van der Waals surface area (Å²) in [6.07, 6.45) is 1.31. The summed E-state index contributed by atoms with van der Waals surface area (Å²) < 4.78 is 5.19. The summed E-state index contributed by atoms with van der Waals surface area (Å²) in [6.45, 7) is 4.49. The first-order chi connectivity index (χ1) is 13.1. The maximum Gasteiger partial charge on any atom is 0.292 e. The number of hydrogen-bond acceptors (Lipinski definition) is 6. The molecule has 2 aromatic rings. The maximum absolute atomic E-state index is 12.7. The molecule has 1 atom stereocenters. The Morgan fingerprint density at radius 2 is 2.07 bits per heavy atom. The normalized spacial score (nSPS) is 18.4. The van der Waals surface area contributed by atoms with Gasteiger partial charge in [0.1, 0.15) is 0 Å². The van der Waals surface area contributed by atoms with Gasteiger partial charge in [0, 0.05) is 39.1 Å². The summed E-state index contributed by atoms with van der Waals surface area (Å²) in [5.41, 5.74) is 1.13. The number of benzene rings is 1. The number of carbonyl (C=O) groups excluding carboxylic acids is 2. The fraction of sp³-hybridized carbons (Fsp3) is 0.474. The molecular weight excluding hydrogens is 346 g/mol. The van der Waals surface area contributed by atoms with Crippen molar-refractivity contribution in [1.82, 2.24) is 25.3 Å². The molecule has 0 saturated carbocycles. The summed E-state index contributed by atoms with van der Waals surface area (Å²) in [5, 5.41) is 6.17. The summed E-state index contributed by atoms with van der Waals surface area (Å²) in [6, 6.07) is 10.2. The molecule has 8 nitrogen and oxygen atoms in total. The third kappa shape index (κ3) is 4.71. The van der Waals surface area contributed by atoms with E-state index in [1.54, 1.807) is 0 Å². The van der Waals surface area contributed by atoms with Crippen LogP contribution in [-0.2, 0) is 17.9 Å². The quantitative estimate of drug-likeness (QED) is 0.826. The highest BCUT2D eigenvalue weighted by atomic mass is 16.5. The van der Waals surface area contributed by atoms with Gasteiger partial charge < -0.3 is 14.7 Å². The molecule has 0 unspecified atom stereocenters. The Bertz CT molecular complexity index is 777. The van der Waals surface area contributed by atoms with Crippen molar-refractivity contribution in [2.45, 2.75) is 38.9 Å². The Labute approximate surface area is 158 Å². The Morgan fingerprint density at radius 3 is 2.78 bits per heavy atom. The van der Waals surface area contributed by atoms with E-state index in [4.69, 9.17) is 4.52 Å². The molecule has 1 saturated heterocycles. The van der Waals surface area contributed by atoms with Crippen LogP contribution in [0.4, 0.5) is 0 Å². The zero-order valence-corrected chi connectivity index (χ0v) is 15.7. The minimum absolute atomic E-state index is 0.0242. The fourth-order valence-corrected chi connectivity index (χ4v) is 3.29. The smallest absolute Gasteiger partial charge is 0.292 e. The molecule has 144 valence electrons. The minimum Gasteiger partial charge on any atom is -0.352 e. The van der Waals surface area contributed by atoms with Gasteiger partial charge in [-0.05, 0) is 12.0 Å². The Hall–Kier alpha value is -2.74. The number of carbonyl (C=O) groups is 2. The Morgan fingerprint density at radius 1 is 1.30 bits per heavy atom. The van der Waals surface area contributed by atoms with Gasteiger partial charge in [-0.1, -0.05) is 42.4 Å². The monoisotopic (exact) mass is 371 g/mol. The van der Waals surface area contributed by atoms with Crippen molar-refractivity contribution in [2.24, 2.45) is 0 Å². The van der Waals surface area contributed by atoms with Gasteiger partial charge in [-0.3, -0.25) is 14.5 Å². The van der Waals surface area contributed by atoms with Crippen LogP contribution in [-0.4, -0.2) is 57.9 Å². The van der Waals surface area contributed by atoms with Gasteiger partial charge in [0.15, 0.2) is 0 Å². The molecule has 3 rings (SSSR count). The molecule has 1 aliphatic heterocycles. The number of nitrogens with zero attached hydrogens (tertiary/aromatic N) is 4. The Balaban J connectivity index is 1.68. The summed E-state index contributed by atoms with van der Waals surface area (Å²) in [5.74, 6) is 0.185. The van der Waals surface area contributed by atoms with E-state index in [0.29, 0.717) is 31.9 Å². The molecule has 1 aromatic heterocycles. The number of aromatic nitrogens is 2. The van der Waals surface area contributed by atoms with E-state index < -0.39 is 0 Å². The molecule has 2 amide bonds. The molecule has 0 bridgehead atoms. The van der Waals surface area contributed by atoms with Gasteiger partial charge in [-0.25, -0.2) is 0 Å². The lowest BCUT2D eigenvalue weighted by molar-refractivity contribution is -0.133. The molecule has 0 aliphatic carbocycles. The van der Waals surface area contributed by atoms with Crippen molar-refractivity contribution in [2.75, 3.05) is 20.1 Å². The fourth-order valence-electron chi connectivity index (χ4n) is 3.29. The highest BCUT2D eigenvalue weighted by molar-refractivity contribution is 5.89. The predicted molar refractivity (Wildman–Crippen MR) is 98.7 cm³/mol. The summed E-state index contributed by atoms with van der Waals surface area (Å²) in [7, 11) is 1.52. The largest absolute Gasteiger partial charge is 0.352 e. The zero-order valence-electron chi connectivity index (χ0n) is 15.7. The van der Waals surface area contributed by atoms with Gasteiger partial charge in [0.05, 0.1) is 6.54 Å². The number of nitrogens with one attached hydrogen (secondary N) is 1. The van der Waals surface area contributed by atoms with Gasteiger partial charge in [-0.2, -0.15) is 4.98 Å². The van der Waals surface area contributed by atoms with Crippen molar-refractivity contribution in [3.8, 4) is 0 Å². The van der Waals surface area contributed by atoms with E-state index in [9.17, 15) is 9.59 Å². The van der Waals surface area contributed by atoms with E-state index in [-0.39, 0.29) is 23.7 Å². The molecule has 2 heterocycles. The minimum atomic E-state index is -0.378. The number of hydrogen-bond donors (Lipinski definition) is 1. The standard InChI is InChI=1S/C19H25N5O3/c1-3-15-12-23(13-16-21-18(22-27-16)19(26)20-2)10-9-17(25)24(15)11-14-7-5-4-6-8-14/h4-8,15H,3,9-13H2,1-2H3,(H,20,26)/t15-/m1/s1. The van der Waals surface area contributed by atoms with Crippen LogP contribution in [0.5, 0.6) is 0 Å². The van der Waals surface area contributed by atoms with Gasteiger partial charge in [0.25, 0.3) is 11.7 Å². The average Bonchev–Trinajstić information content (AvgIpc) is 3.11. The van der Waals surface area contributed by atoms with Gasteiger partial charge in [0.2, 0.25) is 11.8 Å². The molecule has 27 heavy (non-hydrogen) atoms. The number of rotatable bonds is 6. The topological polar surface area (TPSA) is 91.6 Å². The molecule has 1 N–H and O–H groups in total. The van der Waals surface area contributed by atoms with Crippen LogP contribution in [0.25, 0.3) is 0 Å². The first-order valence-electron chi connectivity index (χ1n) is 9.21. The third-order valence-corrected chi connectivity index (χ3v) is 4.80. The van der Waals surface area contributed by atoms with Crippen LogP contribution in [0.2, 0.25) is 0 Å². The van der Waals surface area contributed by atoms with Crippen molar-refractivity contribution in [1.29, 1.82) is 0 Å². The second-order valence-corrected chi connectivity index (χ2v) is 6.65. The van der Waals surface area contributed by atoms with Crippen LogP contribution < -0.4 is 5.32 Å². The highest BCUT2D eigenvalue weighted by Crippen LogP contribution is 2.19. The zero-order chi connectivity index (χ0) is 19.2. The molecule has 1 aliphatic rings. The van der Waals surface area contributed by atoms with E-state index in [0.717, 1.165) is 18.5 Å². The summed E-state index contributed by atoms with van der Waals surface area (Å²) in [4.78, 5) is 32.5. The van der Waals surface area contributed by atoms with Crippen LogP contribution in [0.1, 0.15) is 41.8 Å². The second-order valence-electron chi connectivity index (χ2n) is 6.65. The first kappa shape index (κ1) is 19.0. The highest BCUT2D eigenvalue weighted by Gasteiger charge is 2.29. The molecule has 0 radical (unpaired) electrons. The predicted octanol–water partition coefficient (Wildman–Crippen LogP) is 1.44. The van der Waals surface area contributed by atoms with Gasteiger partial charge >= 0.3 is 0 Å². The lowest BCUT2D eigenvalue weighted by atomic mass is 10.1. The van der Waals surface area contributed by atoms with E-state index >= 15 is 0 Å². The molecular formula is C19H25N5O3. The van der Waals surface area contributed by atoms with Crippen molar-refractivity contribution in [3.05, 3.63) is 47.6 Å². The van der Waals surface area contributed by atoms with E-state index in [1.165, 1.54) is 7.05 Å². The average molecular weight is 371 g/mol. The van der Waals surface area contributed by atoms with Crippen molar-refractivity contribution in [3.63, 3.8) is 0 Å². The van der Waals surface area contributed by atoms with Gasteiger partial charge in [-0.15, -0.1) is 0 Å². The second kappa shape index (κ2) is 8.77. The first-order valence-corrected chi connectivity index (χ1v) is 9.21. The van der Waals surface area contributed by atoms with Crippen molar-refractivity contribution >= 4 is 11.8 Å². The summed E-state index contributed by atoms with van der Waals surface area (Å²) >= 11 is 0. The maximum atomic E-state index is 12.7. The third-order valence-electron chi connectivity index (χ3n) is 4.80. The lowest BCUT2D eigenvalue weighted by Gasteiger charge is -2.31. The van der Waals surface area contributed by atoms with Crippen LogP contribution in [0.15, 0.2) is 34.9 Å². The SMILES string of the molecule is CC[C@@H]1CN(Cc2nc(C(=O)NC)no2)CCC(=O)N1Cc1ccccc1.